The molecule has 4 rings (SSSR count). The van der Waals surface area contributed by atoms with E-state index in [1.807, 2.05) is 42.5 Å². The Hall–Kier alpha value is -3.52. The number of aryl methyl sites for hydroxylation is 1. The molecule has 0 spiro atoms. The van der Waals surface area contributed by atoms with Crippen molar-refractivity contribution in [3.05, 3.63) is 80.8 Å². The van der Waals surface area contributed by atoms with Crippen molar-refractivity contribution >= 4 is 49.8 Å². The van der Waals surface area contributed by atoms with E-state index in [1.54, 1.807) is 25.3 Å². The van der Waals surface area contributed by atoms with E-state index >= 15 is 0 Å². The Kier molecular flexibility index (Phi) is 7.60. The summed E-state index contributed by atoms with van der Waals surface area (Å²) in [6, 6.07) is 16.9. The summed E-state index contributed by atoms with van der Waals surface area (Å²) < 4.78 is 12.9. The summed E-state index contributed by atoms with van der Waals surface area (Å²) in [4.78, 5) is 30.1. The first-order valence-electron chi connectivity index (χ1n) is 11.4. The Balaban J connectivity index is 1.88. The number of hydrogen-bond donors (Lipinski definition) is 0. The Bertz CT molecular complexity index is 1480. The van der Waals surface area contributed by atoms with Gasteiger partial charge in [0.15, 0.2) is 6.10 Å². The minimum atomic E-state index is -0.809. The van der Waals surface area contributed by atoms with E-state index in [-0.39, 0.29) is 5.56 Å². The van der Waals surface area contributed by atoms with Crippen LogP contribution in [0.5, 0.6) is 5.75 Å². The standard InChI is InChI=1S/C27H26BrN3O4/c1-4-5-10-25-30-23-13-12-19(28)15-21(23)26(32)31(25)29-16-22-20-9-7-6-8-18(20)11-14-24(22)35-17(2)27(33)34-3/h6-9,11-17H,4-5,10H2,1-3H3/t17-/m1/s1. The molecule has 0 aliphatic carbocycles. The fourth-order valence-corrected chi connectivity index (χ4v) is 4.20. The lowest BCUT2D eigenvalue weighted by Gasteiger charge is -2.16. The van der Waals surface area contributed by atoms with Crippen molar-refractivity contribution in [3.8, 4) is 5.75 Å². The van der Waals surface area contributed by atoms with Crippen molar-refractivity contribution in [1.29, 1.82) is 0 Å². The molecule has 1 heterocycles. The smallest absolute Gasteiger partial charge is 0.346 e. The molecule has 0 amide bonds. The third-order valence-electron chi connectivity index (χ3n) is 5.70. The van der Waals surface area contributed by atoms with E-state index < -0.39 is 12.1 Å². The fraction of sp³-hybridized carbons (Fsp3) is 0.259. The monoisotopic (exact) mass is 535 g/mol. The highest BCUT2D eigenvalue weighted by molar-refractivity contribution is 9.10. The van der Waals surface area contributed by atoms with E-state index in [0.29, 0.717) is 34.5 Å². The molecule has 0 aliphatic rings. The molecule has 1 aromatic heterocycles. The van der Waals surface area contributed by atoms with Crippen LogP contribution in [0.3, 0.4) is 0 Å². The number of aromatic nitrogens is 2. The largest absolute Gasteiger partial charge is 0.478 e. The van der Waals surface area contributed by atoms with Gasteiger partial charge in [-0.2, -0.15) is 9.78 Å². The number of hydrogen-bond acceptors (Lipinski definition) is 6. The van der Waals surface area contributed by atoms with Gasteiger partial charge in [0.05, 0.1) is 24.2 Å². The van der Waals surface area contributed by atoms with Gasteiger partial charge in [0.2, 0.25) is 0 Å². The molecule has 7 nitrogen and oxygen atoms in total. The second kappa shape index (κ2) is 10.8. The van der Waals surface area contributed by atoms with Crippen LogP contribution >= 0.6 is 15.9 Å². The van der Waals surface area contributed by atoms with E-state index in [9.17, 15) is 9.59 Å². The number of carbonyl (C=O) groups is 1. The minimum Gasteiger partial charge on any atom is -0.478 e. The van der Waals surface area contributed by atoms with Gasteiger partial charge in [-0.3, -0.25) is 4.79 Å². The third-order valence-corrected chi connectivity index (χ3v) is 6.19. The highest BCUT2D eigenvalue weighted by Crippen LogP contribution is 2.28. The fourth-order valence-electron chi connectivity index (χ4n) is 3.84. The van der Waals surface area contributed by atoms with Crippen LogP contribution in [-0.4, -0.2) is 35.1 Å². The van der Waals surface area contributed by atoms with Crippen molar-refractivity contribution in [2.75, 3.05) is 7.11 Å². The summed E-state index contributed by atoms with van der Waals surface area (Å²) in [6.45, 7) is 3.71. The quantitative estimate of drug-likeness (QED) is 0.220. The Morgan fingerprint density at radius 2 is 1.97 bits per heavy atom. The number of nitrogens with zero attached hydrogens (tertiary/aromatic N) is 3. The molecule has 3 aromatic carbocycles. The average molecular weight is 536 g/mol. The van der Waals surface area contributed by atoms with Crippen molar-refractivity contribution in [2.45, 2.75) is 39.2 Å². The van der Waals surface area contributed by atoms with Crippen LogP contribution in [0.25, 0.3) is 21.7 Å². The molecule has 0 saturated heterocycles. The SMILES string of the molecule is CCCCc1nc2ccc(Br)cc2c(=O)n1N=Cc1c(O[C@H](C)C(=O)OC)ccc2ccccc12. The number of fused-ring (bicyclic) bond motifs is 2. The van der Waals surface area contributed by atoms with E-state index in [2.05, 4.69) is 28.0 Å². The zero-order valence-corrected chi connectivity index (χ0v) is 21.4. The van der Waals surface area contributed by atoms with Crippen LogP contribution in [0.2, 0.25) is 0 Å². The normalized spacial score (nSPS) is 12.3. The van der Waals surface area contributed by atoms with Crippen LogP contribution in [0, 0.1) is 0 Å². The van der Waals surface area contributed by atoms with Gasteiger partial charge in [-0.05, 0) is 48.4 Å². The van der Waals surface area contributed by atoms with Gasteiger partial charge in [-0.25, -0.2) is 9.78 Å². The lowest BCUT2D eigenvalue weighted by molar-refractivity contribution is -0.147. The average Bonchev–Trinajstić information content (AvgIpc) is 2.87. The summed E-state index contributed by atoms with van der Waals surface area (Å²) in [6.07, 6.45) is 3.25. The van der Waals surface area contributed by atoms with Crippen LogP contribution in [0.4, 0.5) is 0 Å². The third kappa shape index (κ3) is 5.27. The first-order valence-corrected chi connectivity index (χ1v) is 12.2. The van der Waals surface area contributed by atoms with Crippen molar-refractivity contribution in [3.63, 3.8) is 0 Å². The molecule has 0 N–H and O–H groups in total. The number of unbranched alkanes of at least 4 members (excludes halogenated alkanes) is 1. The second-order valence-corrected chi connectivity index (χ2v) is 9.05. The van der Waals surface area contributed by atoms with E-state index in [1.165, 1.54) is 11.8 Å². The summed E-state index contributed by atoms with van der Waals surface area (Å²) in [7, 11) is 1.32. The van der Waals surface area contributed by atoms with Gasteiger partial charge in [0.25, 0.3) is 5.56 Å². The maximum absolute atomic E-state index is 13.4. The van der Waals surface area contributed by atoms with E-state index in [0.717, 1.165) is 28.1 Å². The van der Waals surface area contributed by atoms with Crippen molar-refractivity contribution < 1.29 is 14.3 Å². The van der Waals surface area contributed by atoms with Gasteiger partial charge < -0.3 is 9.47 Å². The number of rotatable bonds is 8. The van der Waals surface area contributed by atoms with Crippen molar-refractivity contribution in [1.82, 2.24) is 9.66 Å². The Morgan fingerprint density at radius 3 is 2.74 bits per heavy atom. The first-order chi connectivity index (χ1) is 16.9. The molecular weight excluding hydrogens is 510 g/mol. The molecule has 0 aliphatic heterocycles. The van der Waals surface area contributed by atoms with Crippen LogP contribution in [-0.2, 0) is 16.0 Å². The zero-order valence-electron chi connectivity index (χ0n) is 19.8. The molecular formula is C27H26BrN3O4. The molecule has 0 radical (unpaired) electrons. The minimum absolute atomic E-state index is 0.246. The highest BCUT2D eigenvalue weighted by Gasteiger charge is 2.18. The zero-order chi connectivity index (χ0) is 24.9. The van der Waals surface area contributed by atoms with Crippen LogP contribution < -0.4 is 10.3 Å². The van der Waals surface area contributed by atoms with Crippen LogP contribution in [0.15, 0.2) is 69.0 Å². The van der Waals surface area contributed by atoms with Crippen LogP contribution in [0.1, 0.15) is 38.1 Å². The van der Waals surface area contributed by atoms with Crippen molar-refractivity contribution in [2.24, 2.45) is 5.10 Å². The number of carbonyl (C=O) groups excluding carboxylic acids is 1. The number of halogens is 1. The lowest BCUT2D eigenvalue weighted by atomic mass is 10.0. The molecule has 0 bridgehead atoms. The molecule has 8 heteroatoms. The second-order valence-electron chi connectivity index (χ2n) is 8.14. The number of methoxy groups -OCH3 is 1. The summed E-state index contributed by atoms with van der Waals surface area (Å²) in [5, 5.41) is 6.93. The number of esters is 1. The van der Waals surface area contributed by atoms with Gasteiger partial charge >= 0.3 is 5.97 Å². The predicted octanol–water partition coefficient (Wildman–Crippen LogP) is 5.48. The summed E-state index contributed by atoms with van der Waals surface area (Å²) in [5.41, 5.74) is 1.04. The van der Waals surface area contributed by atoms with Gasteiger partial charge in [0.1, 0.15) is 11.6 Å². The topological polar surface area (TPSA) is 82.8 Å². The van der Waals surface area contributed by atoms with E-state index in [4.69, 9.17) is 14.5 Å². The number of benzene rings is 3. The molecule has 0 unspecified atom stereocenters. The molecule has 4 aromatic rings. The number of ether oxygens (including phenoxy) is 2. The molecule has 35 heavy (non-hydrogen) atoms. The van der Waals surface area contributed by atoms with Gasteiger partial charge in [-0.15, -0.1) is 0 Å². The maximum atomic E-state index is 13.4. The molecule has 0 saturated carbocycles. The first kappa shape index (κ1) is 24.6. The van der Waals surface area contributed by atoms with Gasteiger partial charge in [-0.1, -0.05) is 59.6 Å². The maximum Gasteiger partial charge on any atom is 0.346 e. The summed E-state index contributed by atoms with van der Waals surface area (Å²) in [5.74, 6) is 0.571. The molecule has 180 valence electrons. The predicted molar refractivity (Wildman–Crippen MR) is 141 cm³/mol. The molecule has 1 atom stereocenters. The Morgan fingerprint density at radius 1 is 1.17 bits per heavy atom. The Labute approximate surface area is 211 Å². The van der Waals surface area contributed by atoms with Gasteiger partial charge in [0, 0.05) is 16.5 Å². The lowest BCUT2D eigenvalue weighted by Crippen LogP contribution is -2.25. The highest BCUT2D eigenvalue weighted by atomic mass is 79.9. The molecule has 0 fully saturated rings. The summed E-state index contributed by atoms with van der Waals surface area (Å²) >= 11 is 3.44.